The van der Waals surface area contributed by atoms with Crippen LogP contribution in [-0.2, 0) is 9.63 Å². The molecule has 3 atom stereocenters. The number of rotatable bonds is 2. The largest absolute Gasteiger partial charge is 0.275 e. The molecule has 2 rings (SSSR count). The van der Waals surface area contributed by atoms with Crippen LogP contribution in [0.25, 0.3) is 0 Å². The second kappa shape index (κ2) is 3.14. The summed E-state index contributed by atoms with van der Waals surface area (Å²) in [4.78, 5) is 16.6. The van der Waals surface area contributed by atoms with E-state index in [0.717, 1.165) is 12.8 Å². The van der Waals surface area contributed by atoms with Gasteiger partial charge in [-0.25, -0.2) is 5.06 Å². The highest BCUT2D eigenvalue weighted by Gasteiger charge is 2.40. The lowest BCUT2D eigenvalue weighted by Gasteiger charge is -2.22. The molecule has 72 valence electrons. The van der Waals surface area contributed by atoms with Gasteiger partial charge in [0.1, 0.15) is 0 Å². The number of hydrogen-bond donors (Lipinski definition) is 0. The lowest BCUT2D eigenvalue weighted by atomic mass is 9.93. The fraction of sp³-hybridized carbons (Fsp3) is 0.700. The predicted octanol–water partition coefficient (Wildman–Crippen LogP) is 1.22. The zero-order valence-electron chi connectivity index (χ0n) is 8.06. The van der Waals surface area contributed by atoms with Crippen LogP contribution < -0.4 is 0 Å². The zero-order valence-corrected chi connectivity index (χ0v) is 8.06. The normalized spacial score (nSPS) is 35.4. The SMILES string of the molecule is CON(C)C(=O)[C@@H]1C[C@H]2C=C[C@H]1C2. The van der Waals surface area contributed by atoms with Crippen LogP contribution in [0, 0.1) is 17.8 Å². The standard InChI is InChI=1S/C10H15NO2/c1-11(13-2)10(12)9-6-7-3-4-8(9)5-7/h3-4,7-9H,5-6H2,1-2H3/t7-,8-,9+/m0/s1. The van der Waals surface area contributed by atoms with Crippen molar-refractivity contribution in [3.05, 3.63) is 12.2 Å². The molecule has 1 saturated carbocycles. The molecular weight excluding hydrogens is 166 g/mol. The fourth-order valence-corrected chi connectivity index (χ4v) is 2.39. The highest BCUT2D eigenvalue weighted by atomic mass is 16.7. The van der Waals surface area contributed by atoms with Crippen molar-refractivity contribution in [3.8, 4) is 0 Å². The molecule has 0 unspecified atom stereocenters. The summed E-state index contributed by atoms with van der Waals surface area (Å²) >= 11 is 0. The Bertz CT molecular complexity index is 249. The summed E-state index contributed by atoms with van der Waals surface area (Å²) in [6.45, 7) is 0. The Balaban J connectivity index is 2.03. The molecule has 1 fully saturated rings. The van der Waals surface area contributed by atoms with Crippen LogP contribution >= 0.6 is 0 Å². The summed E-state index contributed by atoms with van der Waals surface area (Å²) in [5, 5.41) is 1.35. The maximum absolute atomic E-state index is 11.7. The molecule has 0 aromatic carbocycles. The van der Waals surface area contributed by atoms with E-state index in [1.165, 1.54) is 12.2 Å². The number of amides is 1. The maximum Gasteiger partial charge on any atom is 0.249 e. The van der Waals surface area contributed by atoms with Crippen molar-refractivity contribution >= 4 is 5.91 Å². The molecule has 2 bridgehead atoms. The van der Waals surface area contributed by atoms with Crippen LogP contribution in [0.4, 0.5) is 0 Å². The second-order valence-corrected chi connectivity index (χ2v) is 3.91. The summed E-state index contributed by atoms with van der Waals surface area (Å²) in [5.41, 5.74) is 0. The Kier molecular flexibility index (Phi) is 2.12. The van der Waals surface area contributed by atoms with Crippen LogP contribution in [0.3, 0.4) is 0 Å². The van der Waals surface area contributed by atoms with E-state index in [0.29, 0.717) is 11.8 Å². The summed E-state index contributed by atoms with van der Waals surface area (Å²) in [6.07, 6.45) is 6.59. The van der Waals surface area contributed by atoms with Crippen molar-refractivity contribution in [3.63, 3.8) is 0 Å². The molecule has 0 radical (unpaired) electrons. The molecule has 1 amide bonds. The first kappa shape index (κ1) is 8.75. The van der Waals surface area contributed by atoms with Crippen molar-refractivity contribution in [2.75, 3.05) is 14.2 Å². The van der Waals surface area contributed by atoms with E-state index >= 15 is 0 Å². The molecule has 0 aromatic rings. The molecule has 0 saturated heterocycles. The first-order chi connectivity index (χ1) is 6.22. The minimum absolute atomic E-state index is 0.124. The summed E-state index contributed by atoms with van der Waals surface area (Å²) in [5.74, 6) is 1.40. The van der Waals surface area contributed by atoms with Gasteiger partial charge in [0.15, 0.2) is 0 Å². The summed E-state index contributed by atoms with van der Waals surface area (Å²) < 4.78 is 0. The first-order valence-electron chi connectivity index (χ1n) is 4.72. The average molecular weight is 181 g/mol. The van der Waals surface area contributed by atoms with Gasteiger partial charge in [0.25, 0.3) is 0 Å². The third kappa shape index (κ3) is 1.37. The number of hydrogen-bond acceptors (Lipinski definition) is 2. The van der Waals surface area contributed by atoms with Crippen LogP contribution in [0.15, 0.2) is 12.2 Å². The molecule has 0 aliphatic heterocycles. The minimum atomic E-state index is 0.124. The molecule has 0 heterocycles. The van der Waals surface area contributed by atoms with Crippen molar-refractivity contribution < 1.29 is 9.63 Å². The number of carbonyl (C=O) groups is 1. The molecule has 3 heteroatoms. The highest BCUT2D eigenvalue weighted by molar-refractivity contribution is 5.78. The molecular formula is C10H15NO2. The summed E-state index contributed by atoms with van der Waals surface area (Å²) in [6, 6.07) is 0. The van der Waals surface area contributed by atoms with Crippen molar-refractivity contribution in [1.29, 1.82) is 0 Å². The van der Waals surface area contributed by atoms with Crippen molar-refractivity contribution in [2.24, 2.45) is 17.8 Å². The Morgan fingerprint density at radius 3 is 2.69 bits per heavy atom. The molecule has 13 heavy (non-hydrogen) atoms. The Labute approximate surface area is 78.3 Å². The van der Waals surface area contributed by atoms with Gasteiger partial charge in [0.2, 0.25) is 5.91 Å². The first-order valence-corrected chi connectivity index (χ1v) is 4.72. The summed E-state index contributed by atoms with van der Waals surface area (Å²) in [7, 11) is 3.21. The van der Waals surface area contributed by atoms with Crippen LogP contribution in [-0.4, -0.2) is 25.1 Å². The number of nitrogens with zero attached hydrogens (tertiary/aromatic N) is 1. The number of allylic oxidation sites excluding steroid dienone is 2. The number of fused-ring (bicyclic) bond motifs is 2. The van der Waals surface area contributed by atoms with Gasteiger partial charge in [-0.3, -0.25) is 9.63 Å². The van der Waals surface area contributed by atoms with Crippen molar-refractivity contribution in [2.45, 2.75) is 12.8 Å². The van der Waals surface area contributed by atoms with Gasteiger partial charge in [-0.15, -0.1) is 0 Å². The lowest BCUT2D eigenvalue weighted by Crippen LogP contribution is -2.33. The average Bonchev–Trinajstić information content (AvgIpc) is 2.76. The van der Waals surface area contributed by atoms with Gasteiger partial charge in [0.05, 0.1) is 7.11 Å². The number of hydroxylamine groups is 2. The van der Waals surface area contributed by atoms with E-state index in [9.17, 15) is 4.79 Å². The third-order valence-corrected chi connectivity index (χ3v) is 3.18. The van der Waals surface area contributed by atoms with Gasteiger partial charge in [0, 0.05) is 13.0 Å². The van der Waals surface area contributed by atoms with Gasteiger partial charge in [-0.1, -0.05) is 12.2 Å². The van der Waals surface area contributed by atoms with Gasteiger partial charge in [-0.2, -0.15) is 0 Å². The lowest BCUT2D eigenvalue weighted by molar-refractivity contribution is -0.174. The van der Waals surface area contributed by atoms with Gasteiger partial charge < -0.3 is 0 Å². The fourth-order valence-electron chi connectivity index (χ4n) is 2.39. The molecule has 0 N–H and O–H groups in total. The Morgan fingerprint density at radius 1 is 1.46 bits per heavy atom. The van der Waals surface area contributed by atoms with E-state index in [-0.39, 0.29) is 11.8 Å². The van der Waals surface area contributed by atoms with Gasteiger partial charge >= 0.3 is 0 Å². The molecule has 0 spiro atoms. The Morgan fingerprint density at radius 2 is 2.23 bits per heavy atom. The number of carbonyl (C=O) groups excluding carboxylic acids is 1. The highest BCUT2D eigenvalue weighted by Crippen LogP contribution is 2.43. The molecule has 0 aromatic heterocycles. The second-order valence-electron chi connectivity index (χ2n) is 3.91. The van der Waals surface area contributed by atoms with E-state index in [1.807, 2.05) is 0 Å². The van der Waals surface area contributed by atoms with Crippen LogP contribution in [0.5, 0.6) is 0 Å². The van der Waals surface area contributed by atoms with E-state index < -0.39 is 0 Å². The Hall–Kier alpha value is -0.830. The van der Waals surface area contributed by atoms with Crippen molar-refractivity contribution in [1.82, 2.24) is 5.06 Å². The van der Waals surface area contributed by atoms with E-state index in [2.05, 4.69) is 12.2 Å². The predicted molar refractivity (Wildman–Crippen MR) is 48.6 cm³/mol. The van der Waals surface area contributed by atoms with Gasteiger partial charge in [-0.05, 0) is 24.7 Å². The minimum Gasteiger partial charge on any atom is -0.275 e. The monoisotopic (exact) mass is 181 g/mol. The van der Waals surface area contributed by atoms with E-state index in [1.54, 1.807) is 7.05 Å². The topological polar surface area (TPSA) is 29.5 Å². The van der Waals surface area contributed by atoms with Crippen LogP contribution in [0.1, 0.15) is 12.8 Å². The van der Waals surface area contributed by atoms with E-state index in [4.69, 9.17) is 4.84 Å². The maximum atomic E-state index is 11.7. The zero-order chi connectivity index (χ0) is 9.42. The smallest absolute Gasteiger partial charge is 0.249 e. The van der Waals surface area contributed by atoms with Crippen LogP contribution in [0.2, 0.25) is 0 Å². The molecule has 2 aliphatic rings. The molecule has 3 nitrogen and oxygen atoms in total. The molecule has 2 aliphatic carbocycles. The quantitative estimate of drug-likeness (QED) is 0.473. The third-order valence-electron chi connectivity index (χ3n) is 3.18.